The molecule has 0 saturated carbocycles. The van der Waals surface area contributed by atoms with Crippen molar-refractivity contribution in [1.29, 1.82) is 10.5 Å². The van der Waals surface area contributed by atoms with E-state index in [1.54, 1.807) is 24.3 Å². The topological polar surface area (TPSA) is 121 Å². The molecule has 0 atom stereocenters. The van der Waals surface area contributed by atoms with Gasteiger partial charge in [-0.2, -0.15) is 10.5 Å². The van der Waals surface area contributed by atoms with E-state index in [1.165, 1.54) is 24.5 Å². The Morgan fingerprint density at radius 1 is 1.27 bits per heavy atom. The van der Waals surface area contributed by atoms with Crippen molar-refractivity contribution in [2.24, 2.45) is 0 Å². The first-order valence-electron chi connectivity index (χ1n) is 9.72. The molecule has 0 saturated heterocycles. The van der Waals surface area contributed by atoms with Gasteiger partial charge in [-0.3, -0.25) is 10.1 Å². The van der Waals surface area contributed by atoms with E-state index in [-0.39, 0.29) is 12.2 Å². The van der Waals surface area contributed by atoms with Crippen LogP contribution < -0.4 is 14.8 Å². The van der Waals surface area contributed by atoms with Crippen molar-refractivity contribution in [3.8, 4) is 23.6 Å². The molecule has 1 aromatic heterocycles. The first-order valence-corrected chi connectivity index (χ1v) is 11.6. The fourth-order valence-electron chi connectivity index (χ4n) is 2.80. The number of carbonyl (C=O) groups is 1. The molecular weight excluding hydrogens is 553 g/mol. The van der Waals surface area contributed by atoms with E-state index < -0.39 is 5.91 Å². The predicted octanol–water partition coefficient (Wildman–Crippen LogP) is 4.71. The van der Waals surface area contributed by atoms with Crippen LogP contribution in [0.4, 0.5) is 5.13 Å². The molecule has 0 aliphatic carbocycles. The van der Waals surface area contributed by atoms with E-state index in [1.807, 2.05) is 25.1 Å². The van der Waals surface area contributed by atoms with Gasteiger partial charge in [-0.1, -0.05) is 36.5 Å². The highest BCUT2D eigenvalue weighted by Crippen LogP contribution is 2.35. The van der Waals surface area contributed by atoms with Gasteiger partial charge in [-0.15, -0.1) is 10.2 Å². The lowest BCUT2D eigenvalue weighted by atomic mass is 10.1. The third-order valence-corrected chi connectivity index (χ3v) is 6.21. The van der Waals surface area contributed by atoms with Crippen LogP contribution in [-0.2, 0) is 17.8 Å². The summed E-state index contributed by atoms with van der Waals surface area (Å²) in [4.78, 5) is 12.5. The maximum Gasteiger partial charge on any atom is 0.268 e. The number of benzene rings is 2. The zero-order valence-electron chi connectivity index (χ0n) is 17.8. The van der Waals surface area contributed by atoms with Gasteiger partial charge in [0.15, 0.2) is 11.5 Å². The minimum absolute atomic E-state index is 0.0854. The van der Waals surface area contributed by atoms with E-state index in [4.69, 9.17) is 9.47 Å². The maximum atomic E-state index is 12.5. The molecule has 10 heteroatoms. The number of aryl methyl sites for hydroxylation is 1. The minimum atomic E-state index is -0.571. The number of aromatic nitrogens is 2. The van der Waals surface area contributed by atoms with Gasteiger partial charge < -0.3 is 9.47 Å². The maximum absolute atomic E-state index is 12.5. The number of halogens is 1. The Morgan fingerprint density at radius 3 is 2.73 bits per heavy atom. The Hall–Kier alpha value is -3.48. The number of ether oxygens (including phenoxy) is 2. The molecule has 0 aliphatic rings. The van der Waals surface area contributed by atoms with Gasteiger partial charge >= 0.3 is 0 Å². The average molecular weight is 571 g/mol. The third kappa shape index (κ3) is 6.06. The molecule has 0 radical (unpaired) electrons. The fourth-order valence-corrected chi connectivity index (χ4v) is 4.25. The van der Waals surface area contributed by atoms with Gasteiger partial charge in [0.25, 0.3) is 5.91 Å². The molecule has 3 aromatic rings. The Morgan fingerprint density at radius 2 is 2.06 bits per heavy atom. The number of anilines is 1. The number of nitrogens with zero attached hydrogens (tertiary/aromatic N) is 4. The van der Waals surface area contributed by atoms with Crippen molar-refractivity contribution in [1.82, 2.24) is 10.2 Å². The molecule has 0 fully saturated rings. The number of nitriles is 2. The highest BCUT2D eigenvalue weighted by molar-refractivity contribution is 14.1. The summed E-state index contributed by atoms with van der Waals surface area (Å²) in [5, 5.41) is 30.4. The lowest BCUT2D eigenvalue weighted by Gasteiger charge is -2.14. The van der Waals surface area contributed by atoms with Crippen LogP contribution in [0.15, 0.2) is 42.0 Å². The summed E-state index contributed by atoms with van der Waals surface area (Å²) in [5.74, 6) is 0.377. The fraction of sp³-hybridized carbons (Fsp3) is 0.174. The molecular formula is C23H18IN5O3S. The predicted molar refractivity (Wildman–Crippen MR) is 133 cm³/mol. The smallest absolute Gasteiger partial charge is 0.268 e. The van der Waals surface area contributed by atoms with Crippen molar-refractivity contribution in [3.63, 3.8) is 0 Å². The zero-order valence-corrected chi connectivity index (χ0v) is 20.7. The summed E-state index contributed by atoms with van der Waals surface area (Å²) < 4.78 is 12.1. The van der Waals surface area contributed by atoms with Gasteiger partial charge in [0.2, 0.25) is 5.13 Å². The van der Waals surface area contributed by atoms with Gasteiger partial charge in [0.05, 0.1) is 22.3 Å². The molecule has 1 heterocycles. The van der Waals surface area contributed by atoms with Gasteiger partial charge in [-0.25, -0.2) is 0 Å². The summed E-state index contributed by atoms with van der Waals surface area (Å²) >= 11 is 3.36. The van der Waals surface area contributed by atoms with Crippen molar-refractivity contribution in [3.05, 3.63) is 67.2 Å². The van der Waals surface area contributed by atoms with Crippen molar-refractivity contribution < 1.29 is 14.3 Å². The number of nitrogens with one attached hydrogen (secondary N) is 1. The number of hydrogen-bond acceptors (Lipinski definition) is 8. The number of hydrogen-bond donors (Lipinski definition) is 1. The van der Waals surface area contributed by atoms with Crippen LogP contribution in [0, 0.1) is 26.2 Å². The van der Waals surface area contributed by atoms with Crippen LogP contribution in [0.25, 0.3) is 6.08 Å². The van der Waals surface area contributed by atoms with E-state index in [2.05, 4.69) is 44.2 Å². The Balaban J connectivity index is 1.82. The molecule has 2 aromatic carbocycles. The number of carbonyl (C=O) groups excluding carboxylic acids is 1. The van der Waals surface area contributed by atoms with Gasteiger partial charge in [0, 0.05) is 5.56 Å². The second-order valence-electron chi connectivity index (χ2n) is 6.57. The molecule has 3 rings (SSSR count). The normalized spacial score (nSPS) is 10.8. The third-order valence-electron chi connectivity index (χ3n) is 4.43. The largest absolute Gasteiger partial charge is 0.493 e. The van der Waals surface area contributed by atoms with Gasteiger partial charge in [-0.05, 0) is 58.9 Å². The monoisotopic (exact) mass is 571 g/mol. The average Bonchev–Trinajstić information content (AvgIpc) is 3.29. The first kappa shape index (κ1) is 24.2. The Bertz CT molecular complexity index is 1290. The van der Waals surface area contributed by atoms with Crippen LogP contribution in [0.2, 0.25) is 0 Å². The molecule has 33 heavy (non-hydrogen) atoms. The Labute approximate surface area is 208 Å². The molecule has 1 amide bonds. The van der Waals surface area contributed by atoms with Crippen molar-refractivity contribution in [2.75, 3.05) is 12.4 Å². The lowest BCUT2D eigenvalue weighted by Crippen LogP contribution is -2.13. The molecule has 1 N–H and O–H groups in total. The number of rotatable bonds is 8. The highest BCUT2D eigenvalue weighted by Gasteiger charge is 2.16. The minimum Gasteiger partial charge on any atom is -0.493 e. The molecule has 0 aliphatic heterocycles. The van der Waals surface area contributed by atoms with Crippen molar-refractivity contribution in [2.45, 2.75) is 20.0 Å². The number of methoxy groups -OCH3 is 1. The summed E-state index contributed by atoms with van der Waals surface area (Å²) in [6.45, 7) is 2.14. The highest BCUT2D eigenvalue weighted by atomic mass is 127. The SMILES string of the molecule is CCc1nnc(NC(=O)/C(C#N)=C\c2cc(I)c(OCc3ccccc3C#N)c(OC)c2)s1. The summed E-state index contributed by atoms with van der Waals surface area (Å²) in [6.07, 6.45) is 2.18. The van der Waals surface area contributed by atoms with Gasteiger partial charge in [0.1, 0.15) is 23.3 Å². The molecule has 8 nitrogen and oxygen atoms in total. The van der Waals surface area contributed by atoms with E-state index in [0.717, 1.165) is 14.1 Å². The standard InChI is InChI=1S/C23H18IN5O3S/c1-3-20-28-29-23(33-20)27-22(30)17(12-26)8-14-9-18(24)21(19(10-14)31-2)32-13-16-7-5-4-6-15(16)11-25/h4-10H,3,13H2,1-2H3,(H,27,29,30)/b17-8-. The molecule has 166 valence electrons. The van der Waals surface area contributed by atoms with Crippen LogP contribution in [0.1, 0.15) is 28.6 Å². The van der Waals surface area contributed by atoms with Crippen LogP contribution in [0.5, 0.6) is 11.5 Å². The lowest BCUT2D eigenvalue weighted by molar-refractivity contribution is -0.112. The summed E-state index contributed by atoms with van der Waals surface area (Å²) in [7, 11) is 1.51. The number of amides is 1. The summed E-state index contributed by atoms with van der Waals surface area (Å²) in [5.41, 5.74) is 1.81. The summed E-state index contributed by atoms with van der Waals surface area (Å²) in [6, 6.07) is 14.7. The van der Waals surface area contributed by atoms with Crippen LogP contribution in [0.3, 0.4) is 0 Å². The molecule has 0 spiro atoms. The van der Waals surface area contributed by atoms with Crippen LogP contribution in [-0.4, -0.2) is 23.2 Å². The molecule has 0 unspecified atom stereocenters. The quantitative estimate of drug-likeness (QED) is 0.236. The molecule has 0 bridgehead atoms. The Kier molecular flexibility index (Phi) is 8.35. The van der Waals surface area contributed by atoms with E-state index in [0.29, 0.717) is 34.2 Å². The second-order valence-corrected chi connectivity index (χ2v) is 8.79. The van der Waals surface area contributed by atoms with Crippen LogP contribution >= 0.6 is 33.9 Å². The van der Waals surface area contributed by atoms with E-state index in [9.17, 15) is 15.3 Å². The van der Waals surface area contributed by atoms with Crippen molar-refractivity contribution >= 4 is 51.0 Å². The van der Waals surface area contributed by atoms with E-state index >= 15 is 0 Å². The first-order chi connectivity index (χ1) is 16.0. The zero-order chi connectivity index (χ0) is 23.8. The second kappa shape index (κ2) is 11.4.